The minimum Gasteiger partial charge on any atom is -0.493 e. The van der Waals surface area contributed by atoms with Gasteiger partial charge in [-0.05, 0) is 31.0 Å². The van der Waals surface area contributed by atoms with E-state index in [0.29, 0.717) is 17.2 Å². The molecule has 0 heterocycles. The van der Waals surface area contributed by atoms with Crippen molar-refractivity contribution in [1.82, 2.24) is 0 Å². The first-order valence-electron chi connectivity index (χ1n) is 5.16. The fourth-order valence-electron chi connectivity index (χ4n) is 1.63. The molecule has 1 rings (SSSR count). The highest BCUT2D eigenvalue weighted by Crippen LogP contribution is 2.38. The molecule has 0 fully saturated rings. The summed E-state index contributed by atoms with van der Waals surface area (Å²) in [5.41, 5.74) is 6.84. The molecule has 0 amide bonds. The summed E-state index contributed by atoms with van der Waals surface area (Å²) in [7, 11) is 4.80. The Labute approximate surface area is 96.3 Å². The second-order valence-electron chi connectivity index (χ2n) is 3.71. The molecule has 1 atom stereocenters. The van der Waals surface area contributed by atoms with Gasteiger partial charge < -0.3 is 19.9 Å². The predicted octanol–water partition coefficient (Wildman–Crippen LogP) is 1.60. The van der Waals surface area contributed by atoms with Gasteiger partial charge in [-0.3, -0.25) is 0 Å². The number of methoxy groups -OCH3 is 3. The fraction of sp³-hybridized carbons (Fsp3) is 0.500. The molecule has 0 unspecified atom stereocenters. The smallest absolute Gasteiger partial charge is 0.203 e. The van der Waals surface area contributed by atoms with Crippen LogP contribution in [0.1, 0.15) is 12.5 Å². The van der Waals surface area contributed by atoms with Crippen LogP contribution in [0, 0.1) is 0 Å². The van der Waals surface area contributed by atoms with Crippen molar-refractivity contribution in [2.45, 2.75) is 19.4 Å². The summed E-state index contributed by atoms with van der Waals surface area (Å²) < 4.78 is 15.7. The normalized spacial score (nSPS) is 12.1. The highest BCUT2D eigenvalue weighted by molar-refractivity contribution is 5.53. The topological polar surface area (TPSA) is 53.7 Å². The van der Waals surface area contributed by atoms with Gasteiger partial charge in [-0.2, -0.15) is 0 Å². The molecule has 90 valence electrons. The summed E-state index contributed by atoms with van der Waals surface area (Å²) in [5, 5.41) is 0. The molecule has 2 N–H and O–H groups in total. The van der Waals surface area contributed by atoms with E-state index in [1.807, 2.05) is 19.1 Å². The molecule has 0 saturated carbocycles. The molecule has 4 heteroatoms. The first-order chi connectivity index (χ1) is 7.62. The van der Waals surface area contributed by atoms with Gasteiger partial charge in [-0.25, -0.2) is 0 Å². The zero-order valence-electron chi connectivity index (χ0n) is 10.2. The molecule has 16 heavy (non-hydrogen) atoms. The minimum atomic E-state index is 0.0998. The third kappa shape index (κ3) is 2.79. The maximum absolute atomic E-state index is 5.77. The number of benzene rings is 1. The van der Waals surface area contributed by atoms with Gasteiger partial charge in [0.15, 0.2) is 11.5 Å². The maximum atomic E-state index is 5.77. The van der Waals surface area contributed by atoms with Crippen LogP contribution in [0.15, 0.2) is 12.1 Å². The summed E-state index contributed by atoms with van der Waals surface area (Å²) in [6.07, 6.45) is 0.775. The highest BCUT2D eigenvalue weighted by atomic mass is 16.5. The highest BCUT2D eigenvalue weighted by Gasteiger charge is 2.13. The van der Waals surface area contributed by atoms with Crippen molar-refractivity contribution in [2.75, 3.05) is 21.3 Å². The van der Waals surface area contributed by atoms with Crippen molar-refractivity contribution in [1.29, 1.82) is 0 Å². The van der Waals surface area contributed by atoms with Gasteiger partial charge in [0.25, 0.3) is 0 Å². The van der Waals surface area contributed by atoms with Crippen LogP contribution in [0.3, 0.4) is 0 Å². The Morgan fingerprint density at radius 3 is 1.88 bits per heavy atom. The monoisotopic (exact) mass is 225 g/mol. The van der Waals surface area contributed by atoms with E-state index < -0.39 is 0 Å². The van der Waals surface area contributed by atoms with Gasteiger partial charge in [0, 0.05) is 6.04 Å². The number of nitrogens with two attached hydrogens (primary N) is 1. The van der Waals surface area contributed by atoms with Crippen LogP contribution in [-0.2, 0) is 6.42 Å². The van der Waals surface area contributed by atoms with Gasteiger partial charge in [0.2, 0.25) is 5.75 Å². The number of ether oxygens (including phenoxy) is 3. The molecule has 1 aromatic rings. The molecule has 0 spiro atoms. The lowest BCUT2D eigenvalue weighted by Crippen LogP contribution is -2.17. The zero-order chi connectivity index (χ0) is 12.1. The van der Waals surface area contributed by atoms with E-state index in [2.05, 4.69) is 0 Å². The molecular weight excluding hydrogens is 206 g/mol. The van der Waals surface area contributed by atoms with Crippen molar-refractivity contribution in [2.24, 2.45) is 5.73 Å². The molecule has 0 saturated heterocycles. The number of hydrogen-bond donors (Lipinski definition) is 1. The van der Waals surface area contributed by atoms with Crippen molar-refractivity contribution in [3.8, 4) is 17.2 Å². The van der Waals surface area contributed by atoms with E-state index in [-0.39, 0.29) is 6.04 Å². The van der Waals surface area contributed by atoms with Crippen LogP contribution < -0.4 is 19.9 Å². The zero-order valence-corrected chi connectivity index (χ0v) is 10.2. The van der Waals surface area contributed by atoms with E-state index >= 15 is 0 Å². The minimum absolute atomic E-state index is 0.0998. The van der Waals surface area contributed by atoms with Crippen molar-refractivity contribution in [3.63, 3.8) is 0 Å². The molecule has 0 aromatic heterocycles. The van der Waals surface area contributed by atoms with Gasteiger partial charge in [-0.15, -0.1) is 0 Å². The summed E-state index contributed by atoms with van der Waals surface area (Å²) >= 11 is 0. The van der Waals surface area contributed by atoms with E-state index in [9.17, 15) is 0 Å². The van der Waals surface area contributed by atoms with Crippen LogP contribution in [0.2, 0.25) is 0 Å². The van der Waals surface area contributed by atoms with Gasteiger partial charge >= 0.3 is 0 Å². The van der Waals surface area contributed by atoms with E-state index in [1.54, 1.807) is 21.3 Å². The van der Waals surface area contributed by atoms with Crippen LogP contribution in [0.4, 0.5) is 0 Å². The largest absolute Gasteiger partial charge is 0.493 e. The third-order valence-corrected chi connectivity index (χ3v) is 2.28. The van der Waals surface area contributed by atoms with Crippen molar-refractivity contribution >= 4 is 0 Å². The molecular formula is C12H19NO3. The maximum Gasteiger partial charge on any atom is 0.203 e. The van der Waals surface area contributed by atoms with Crippen LogP contribution >= 0.6 is 0 Å². The lowest BCUT2D eigenvalue weighted by Gasteiger charge is -2.14. The predicted molar refractivity (Wildman–Crippen MR) is 63.5 cm³/mol. The lowest BCUT2D eigenvalue weighted by atomic mass is 10.1. The first-order valence-corrected chi connectivity index (χ1v) is 5.16. The second-order valence-corrected chi connectivity index (χ2v) is 3.71. The second kappa shape index (κ2) is 5.61. The Bertz CT molecular complexity index is 325. The SMILES string of the molecule is COc1cc(C[C@H](C)N)cc(OC)c1OC. The van der Waals surface area contributed by atoms with Gasteiger partial charge in [0.1, 0.15) is 0 Å². The van der Waals surface area contributed by atoms with Crippen molar-refractivity contribution in [3.05, 3.63) is 17.7 Å². The fourth-order valence-corrected chi connectivity index (χ4v) is 1.63. The Kier molecular flexibility index (Phi) is 4.43. The van der Waals surface area contributed by atoms with Gasteiger partial charge in [0.05, 0.1) is 21.3 Å². The standard InChI is InChI=1S/C12H19NO3/c1-8(13)5-9-6-10(14-2)12(16-4)11(7-9)15-3/h6-8H,5,13H2,1-4H3/t8-/m0/s1. The van der Waals surface area contributed by atoms with Crippen LogP contribution in [0.5, 0.6) is 17.2 Å². The average Bonchev–Trinajstić information content (AvgIpc) is 2.26. The van der Waals surface area contributed by atoms with E-state index in [4.69, 9.17) is 19.9 Å². The molecule has 0 aliphatic heterocycles. The van der Waals surface area contributed by atoms with E-state index in [0.717, 1.165) is 12.0 Å². The summed E-state index contributed by atoms with van der Waals surface area (Å²) in [5.74, 6) is 1.94. The van der Waals surface area contributed by atoms with Gasteiger partial charge in [-0.1, -0.05) is 0 Å². The summed E-state index contributed by atoms with van der Waals surface area (Å²) in [6.45, 7) is 1.96. The quantitative estimate of drug-likeness (QED) is 0.827. The third-order valence-electron chi connectivity index (χ3n) is 2.28. The Balaban J connectivity index is 3.15. The molecule has 0 aliphatic carbocycles. The molecule has 0 bridgehead atoms. The average molecular weight is 225 g/mol. The van der Waals surface area contributed by atoms with Crippen molar-refractivity contribution < 1.29 is 14.2 Å². The first kappa shape index (κ1) is 12.6. The molecule has 0 aliphatic rings. The van der Waals surface area contributed by atoms with E-state index in [1.165, 1.54) is 0 Å². The Morgan fingerprint density at radius 1 is 1.06 bits per heavy atom. The van der Waals surface area contributed by atoms with Crippen LogP contribution in [0.25, 0.3) is 0 Å². The number of hydrogen-bond acceptors (Lipinski definition) is 4. The summed E-state index contributed by atoms with van der Waals surface area (Å²) in [6, 6.07) is 3.94. The van der Waals surface area contributed by atoms with Crippen LogP contribution in [-0.4, -0.2) is 27.4 Å². The Hall–Kier alpha value is -1.42. The molecule has 4 nitrogen and oxygen atoms in total. The summed E-state index contributed by atoms with van der Waals surface area (Å²) in [4.78, 5) is 0. The molecule has 0 radical (unpaired) electrons. The molecule has 1 aromatic carbocycles. The number of rotatable bonds is 5. The lowest BCUT2D eigenvalue weighted by molar-refractivity contribution is 0.323. The Morgan fingerprint density at radius 2 is 1.56 bits per heavy atom.